The zero-order chi connectivity index (χ0) is 20.9. The van der Waals surface area contributed by atoms with Gasteiger partial charge in [0.2, 0.25) is 10.0 Å². The number of aromatic nitrogens is 1. The number of amides is 1. The van der Waals surface area contributed by atoms with Gasteiger partial charge in [-0.2, -0.15) is 4.31 Å². The third-order valence-corrected chi connectivity index (χ3v) is 7.02. The van der Waals surface area contributed by atoms with Crippen molar-refractivity contribution in [2.24, 2.45) is 0 Å². The molecule has 2 aromatic rings. The Labute approximate surface area is 172 Å². The van der Waals surface area contributed by atoms with Crippen molar-refractivity contribution in [1.82, 2.24) is 9.29 Å². The van der Waals surface area contributed by atoms with Gasteiger partial charge in [0.05, 0.1) is 11.6 Å². The minimum Gasteiger partial charge on any atom is -0.461 e. The van der Waals surface area contributed by atoms with Crippen LogP contribution in [0.15, 0.2) is 28.5 Å². The predicted molar refractivity (Wildman–Crippen MR) is 108 cm³/mol. The minimum absolute atomic E-state index is 0.0299. The second-order valence-corrected chi connectivity index (χ2v) is 8.62. The van der Waals surface area contributed by atoms with Gasteiger partial charge in [-0.3, -0.25) is 10.1 Å². The monoisotopic (exact) mass is 445 g/mol. The summed E-state index contributed by atoms with van der Waals surface area (Å²) in [5, 5.41) is 4.22. The van der Waals surface area contributed by atoms with Crippen LogP contribution >= 0.6 is 22.9 Å². The molecule has 0 saturated heterocycles. The number of nitrogens with one attached hydrogen (secondary N) is 1. The molecule has 0 bridgehead atoms. The maximum atomic E-state index is 12.7. The first-order valence-corrected chi connectivity index (χ1v) is 11.2. The van der Waals surface area contributed by atoms with Gasteiger partial charge in [0, 0.05) is 24.0 Å². The molecule has 1 aromatic heterocycles. The number of sulfonamides is 1. The lowest BCUT2D eigenvalue weighted by atomic mass is 10.2. The highest BCUT2D eigenvalue weighted by atomic mass is 35.5. The van der Waals surface area contributed by atoms with Crippen molar-refractivity contribution in [3.8, 4) is 0 Å². The van der Waals surface area contributed by atoms with E-state index >= 15 is 0 Å². The summed E-state index contributed by atoms with van der Waals surface area (Å²) in [4.78, 5) is 28.0. The Morgan fingerprint density at radius 2 is 1.93 bits per heavy atom. The Hall–Kier alpha value is -2.01. The standard InChI is InChI=1S/C17H20ClN3O5S2/c1-4-21(5-2)28(24,25)14-9-11(7-8-12(14)18)15(22)20-17-19-13(10-27-17)16(23)26-6-3/h7-10H,4-6H2,1-3H3,(H,19,20,22). The van der Waals surface area contributed by atoms with Gasteiger partial charge in [-0.1, -0.05) is 25.4 Å². The average Bonchev–Trinajstić information content (AvgIpc) is 3.11. The van der Waals surface area contributed by atoms with Crippen LogP contribution in [0.4, 0.5) is 5.13 Å². The molecule has 1 N–H and O–H groups in total. The van der Waals surface area contributed by atoms with E-state index in [-0.39, 0.29) is 46.0 Å². The highest BCUT2D eigenvalue weighted by Crippen LogP contribution is 2.26. The smallest absolute Gasteiger partial charge is 0.357 e. The van der Waals surface area contributed by atoms with E-state index < -0.39 is 21.9 Å². The molecule has 11 heteroatoms. The maximum absolute atomic E-state index is 12.7. The molecule has 0 spiro atoms. The van der Waals surface area contributed by atoms with Crippen LogP contribution in [-0.2, 0) is 14.8 Å². The van der Waals surface area contributed by atoms with Gasteiger partial charge in [0.25, 0.3) is 5.91 Å². The summed E-state index contributed by atoms with van der Waals surface area (Å²) in [6.45, 7) is 5.89. The molecule has 0 saturated carbocycles. The first-order chi connectivity index (χ1) is 13.2. The van der Waals surface area contributed by atoms with Crippen molar-refractivity contribution in [3.63, 3.8) is 0 Å². The minimum atomic E-state index is -3.83. The number of anilines is 1. The van der Waals surface area contributed by atoms with Crippen LogP contribution in [0, 0.1) is 0 Å². The molecule has 0 aliphatic heterocycles. The molecule has 0 radical (unpaired) electrons. The van der Waals surface area contributed by atoms with Crippen molar-refractivity contribution in [2.75, 3.05) is 25.0 Å². The Balaban J connectivity index is 2.27. The molecule has 0 atom stereocenters. The number of rotatable bonds is 8. The van der Waals surface area contributed by atoms with Gasteiger partial charge >= 0.3 is 5.97 Å². The molecule has 0 aliphatic carbocycles. The van der Waals surface area contributed by atoms with Gasteiger partial charge < -0.3 is 4.74 Å². The molecule has 1 amide bonds. The molecule has 1 heterocycles. The third kappa shape index (κ3) is 4.88. The fraction of sp³-hybridized carbons (Fsp3) is 0.353. The predicted octanol–water partition coefficient (Wildman–Crippen LogP) is 3.26. The van der Waals surface area contributed by atoms with Crippen LogP contribution in [0.1, 0.15) is 41.6 Å². The van der Waals surface area contributed by atoms with Crippen LogP contribution < -0.4 is 5.32 Å². The lowest BCUT2D eigenvalue weighted by Crippen LogP contribution is -2.31. The molecular weight excluding hydrogens is 426 g/mol. The number of ether oxygens (including phenoxy) is 1. The zero-order valence-electron chi connectivity index (χ0n) is 15.6. The summed E-state index contributed by atoms with van der Waals surface area (Å²) in [6.07, 6.45) is 0. The van der Waals surface area contributed by atoms with Crippen molar-refractivity contribution >= 4 is 50.0 Å². The van der Waals surface area contributed by atoms with Gasteiger partial charge in [-0.15, -0.1) is 11.3 Å². The first kappa shape index (κ1) is 22.3. The average molecular weight is 446 g/mol. The molecule has 2 rings (SSSR count). The quantitative estimate of drug-likeness (QED) is 0.625. The third-order valence-electron chi connectivity index (χ3n) is 3.73. The summed E-state index contributed by atoms with van der Waals surface area (Å²) in [5.41, 5.74) is 0.186. The number of hydrogen-bond donors (Lipinski definition) is 1. The van der Waals surface area contributed by atoms with Crippen LogP contribution in [0.5, 0.6) is 0 Å². The number of thiazole rings is 1. The van der Waals surface area contributed by atoms with Crippen molar-refractivity contribution < 1.29 is 22.7 Å². The topological polar surface area (TPSA) is 106 Å². The highest BCUT2D eigenvalue weighted by Gasteiger charge is 2.26. The Morgan fingerprint density at radius 1 is 1.25 bits per heavy atom. The summed E-state index contributed by atoms with van der Waals surface area (Å²) in [5.74, 6) is -1.16. The zero-order valence-corrected chi connectivity index (χ0v) is 17.9. The summed E-state index contributed by atoms with van der Waals surface area (Å²) in [7, 11) is -3.83. The van der Waals surface area contributed by atoms with Crippen LogP contribution in [0.2, 0.25) is 5.02 Å². The molecular formula is C17H20ClN3O5S2. The number of benzene rings is 1. The lowest BCUT2D eigenvalue weighted by molar-refractivity contribution is 0.0520. The van der Waals surface area contributed by atoms with Crippen molar-refractivity contribution in [3.05, 3.63) is 39.9 Å². The normalized spacial score (nSPS) is 11.5. The van der Waals surface area contributed by atoms with E-state index in [0.717, 1.165) is 11.3 Å². The highest BCUT2D eigenvalue weighted by molar-refractivity contribution is 7.89. The SMILES string of the molecule is CCOC(=O)c1csc(NC(=O)c2ccc(Cl)c(S(=O)(=O)N(CC)CC)c2)n1. The molecule has 1 aromatic carbocycles. The fourth-order valence-corrected chi connectivity index (χ4v) is 4.98. The van der Waals surface area contributed by atoms with E-state index in [1.807, 2.05) is 0 Å². The van der Waals surface area contributed by atoms with E-state index in [1.54, 1.807) is 20.8 Å². The molecule has 0 unspecified atom stereocenters. The van der Waals surface area contributed by atoms with Crippen molar-refractivity contribution in [2.45, 2.75) is 25.7 Å². The molecule has 0 fully saturated rings. The number of nitrogens with zero attached hydrogens (tertiary/aromatic N) is 2. The molecule has 28 heavy (non-hydrogen) atoms. The molecule has 152 valence electrons. The fourth-order valence-electron chi connectivity index (χ4n) is 2.34. The second-order valence-electron chi connectivity index (χ2n) is 5.45. The maximum Gasteiger partial charge on any atom is 0.357 e. The number of carbonyl (C=O) groups is 2. The van der Waals surface area contributed by atoms with E-state index in [0.29, 0.717) is 0 Å². The largest absolute Gasteiger partial charge is 0.461 e. The number of esters is 1. The van der Waals surface area contributed by atoms with Gasteiger partial charge in [0.15, 0.2) is 10.8 Å². The summed E-state index contributed by atoms with van der Waals surface area (Å²) < 4.78 is 31.6. The Bertz CT molecular complexity index is 971. The van der Waals surface area contributed by atoms with E-state index in [2.05, 4.69) is 10.3 Å². The lowest BCUT2D eigenvalue weighted by Gasteiger charge is -2.19. The Morgan fingerprint density at radius 3 is 2.54 bits per heavy atom. The number of halogens is 1. The summed E-state index contributed by atoms with van der Waals surface area (Å²) in [6, 6.07) is 4.00. The molecule has 0 aliphatic rings. The number of carbonyl (C=O) groups excluding carboxylic acids is 2. The van der Waals surface area contributed by atoms with Gasteiger partial charge in [-0.25, -0.2) is 18.2 Å². The second kappa shape index (κ2) is 9.46. The summed E-state index contributed by atoms with van der Waals surface area (Å²) >= 11 is 7.13. The van der Waals surface area contributed by atoms with Crippen LogP contribution in [0.25, 0.3) is 0 Å². The van der Waals surface area contributed by atoms with E-state index in [1.165, 1.54) is 27.9 Å². The number of hydrogen-bond acceptors (Lipinski definition) is 7. The van der Waals surface area contributed by atoms with Crippen molar-refractivity contribution in [1.29, 1.82) is 0 Å². The van der Waals surface area contributed by atoms with Gasteiger partial charge in [0.1, 0.15) is 4.90 Å². The van der Waals surface area contributed by atoms with Gasteiger partial charge in [-0.05, 0) is 25.1 Å². The van der Waals surface area contributed by atoms with E-state index in [4.69, 9.17) is 16.3 Å². The van der Waals surface area contributed by atoms with Crippen LogP contribution in [-0.4, -0.2) is 49.3 Å². The van der Waals surface area contributed by atoms with E-state index in [9.17, 15) is 18.0 Å². The molecule has 8 nitrogen and oxygen atoms in total. The first-order valence-electron chi connectivity index (χ1n) is 8.48. The van der Waals surface area contributed by atoms with Crippen LogP contribution in [0.3, 0.4) is 0 Å². The Kier molecular flexibility index (Phi) is 7.53.